The summed E-state index contributed by atoms with van der Waals surface area (Å²) in [5.74, 6) is 0.217. The van der Waals surface area contributed by atoms with Crippen LogP contribution < -0.4 is 4.74 Å². The second-order valence-corrected chi connectivity index (χ2v) is 9.57. The van der Waals surface area contributed by atoms with Crippen molar-refractivity contribution in [2.45, 2.75) is 56.4 Å². The summed E-state index contributed by atoms with van der Waals surface area (Å²) in [5, 5.41) is 0.0741. The summed E-state index contributed by atoms with van der Waals surface area (Å²) in [6, 6.07) is 16.6. The number of aromatic nitrogens is 1. The van der Waals surface area contributed by atoms with Crippen LogP contribution >= 0.6 is 11.8 Å². The molecular formula is C28H30F3NO3S. The van der Waals surface area contributed by atoms with E-state index >= 15 is 0 Å². The van der Waals surface area contributed by atoms with Crippen LogP contribution in [0, 0.1) is 6.92 Å². The molecule has 8 heteroatoms. The summed E-state index contributed by atoms with van der Waals surface area (Å²) >= 11 is 1.69. The minimum Gasteiger partial charge on any atom is -0.482 e. The van der Waals surface area contributed by atoms with Gasteiger partial charge in [-0.2, -0.15) is 13.2 Å². The van der Waals surface area contributed by atoms with Gasteiger partial charge in [-0.25, -0.2) is 4.79 Å². The van der Waals surface area contributed by atoms with Crippen LogP contribution in [-0.2, 0) is 15.7 Å². The smallest absolute Gasteiger partial charge is 0.416 e. The Kier molecular flexibility index (Phi) is 9.81. The quantitative estimate of drug-likeness (QED) is 0.190. The molecule has 192 valence electrons. The van der Waals surface area contributed by atoms with E-state index in [9.17, 15) is 18.0 Å². The van der Waals surface area contributed by atoms with Gasteiger partial charge in [-0.05, 0) is 68.3 Å². The van der Waals surface area contributed by atoms with Crippen molar-refractivity contribution in [3.05, 3.63) is 77.5 Å². The van der Waals surface area contributed by atoms with Crippen LogP contribution in [0.5, 0.6) is 5.75 Å². The number of hydrogen-bond acceptors (Lipinski definition) is 5. The lowest BCUT2D eigenvalue weighted by Gasteiger charge is -2.18. The average Bonchev–Trinajstić information content (AvgIpc) is 2.86. The van der Waals surface area contributed by atoms with E-state index in [0.29, 0.717) is 23.6 Å². The van der Waals surface area contributed by atoms with Gasteiger partial charge in [0.05, 0.1) is 28.8 Å². The summed E-state index contributed by atoms with van der Waals surface area (Å²) in [6.45, 7) is 5.98. The first-order chi connectivity index (χ1) is 17.2. The Morgan fingerprint density at radius 2 is 1.81 bits per heavy atom. The monoisotopic (exact) mass is 517 g/mol. The third kappa shape index (κ3) is 7.75. The lowest BCUT2D eigenvalue weighted by atomic mass is 10.1. The minimum absolute atomic E-state index is 0.0741. The minimum atomic E-state index is -4.37. The van der Waals surface area contributed by atoms with E-state index in [2.05, 4.69) is 6.92 Å². The highest BCUT2D eigenvalue weighted by Gasteiger charge is 2.30. The van der Waals surface area contributed by atoms with Crippen LogP contribution in [0.4, 0.5) is 13.2 Å². The molecule has 0 spiro atoms. The molecule has 4 nitrogen and oxygen atoms in total. The fraction of sp³-hybridized carbons (Fsp3) is 0.357. The number of nitrogens with zero attached hydrogens (tertiary/aromatic N) is 1. The molecule has 3 aromatic rings. The Labute approximate surface area is 214 Å². The fourth-order valence-corrected chi connectivity index (χ4v) is 4.90. The number of hydrogen-bond donors (Lipinski definition) is 0. The standard InChI is InChI=1S/C28H30F3NO3S/c1-4-6-10-26(36-22-15-16-25(19(3)17-22)35-18-27(33)34-5-2)24-9-7-8-23(32-24)20-11-13-21(14-12-20)28(29,30)31/h7-9,11-17,26H,4-6,10,18H2,1-3H3. The number of pyridine rings is 1. The van der Waals surface area contributed by atoms with Gasteiger partial charge in [0.2, 0.25) is 0 Å². The number of esters is 1. The number of carbonyl (C=O) groups is 1. The highest BCUT2D eigenvalue weighted by molar-refractivity contribution is 7.99. The van der Waals surface area contributed by atoms with Crippen LogP contribution in [0.15, 0.2) is 65.6 Å². The van der Waals surface area contributed by atoms with Gasteiger partial charge >= 0.3 is 12.1 Å². The number of ether oxygens (including phenoxy) is 2. The molecule has 1 atom stereocenters. The molecule has 0 saturated heterocycles. The van der Waals surface area contributed by atoms with E-state index < -0.39 is 17.7 Å². The maximum Gasteiger partial charge on any atom is 0.416 e. The molecule has 0 bridgehead atoms. The van der Waals surface area contributed by atoms with Crippen LogP contribution in [0.1, 0.15) is 55.2 Å². The molecule has 0 radical (unpaired) electrons. The van der Waals surface area contributed by atoms with Gasteiger partial charge in [0.15, 0.2) is 6.61 Å². The van der Waals surface area contributed by atoms with Crippen molar-refractivity contribution in [3.63, 3.8) is 0 Å². The maximum atomic E-state index is 12.9. The Morgan fingerprint density at radius 1 is 1.06 bits per heavy atom. The molecule has 2 aromatic carbocycles. The first kappa shape index (κ1) is 27.6. The predicted molar refractivity (Wildman–Crippen MR) is 136 cm³/mol. The zero-order valence-electron chi connectivity index (χ0n) is 20.6. The molecule has 0 aliphatic heterocycles. The van der Waals surface area contributed by atoms with E-state index in [1.54, 1.807) is 18.7 Å². The second-order valence-electron chi connectivity index (χ2n) is 8.29. The third-order valence-corrected chi connectivity index (χ3v) is 6.79. The molecule has 36 heavy (non-hydrogen) atoms. The molecule has 0 aliphatic carbocycles. The van der Waals surface area contributed by atoms with Gasteiger partial charge < -0.3 is 9.47 Å². The van der Waals surface area contributed by atoms with E-state index in [1.807, 2.05) is 43.3 Å². The van der Waals surface area contributed by atoms with Crippen molar-refractivity contribution in [3.8, 4) is 17.0 Å². The van der Waals surface area contributed by atoms with Crippen molar-refractivity contribution in [1.29, 1.82) is 0 Å². The third-order valence-electron chi connectivity index (χ3n) is 5.50. The Bertz CT molecular complexity index is 1150. The SMILES string of the molecule is CCCCC(Sc1ccc(OCC(=O)OCC)c(C)c1)c1cccc(-c2ccc(C(F)(F)F)cc2)n1. The Hall–Kier alpha value is -3.00. The van der Waals surface area contributed by atoms with Crippen molar-refractivity contribution >= 4 is 17.7 Å². The summed E-state index contributed by atoms with van der Waals surface area (Å²) < 4.78 is 49.3. The van der Waals surface area contributed by atoms with Gasteiger partial charge in [-0.1, -0.05) is 38.0 Å². The number of rotatable bonds is 11. The van der Waals surface area contributed by atoms with Crippen LogP contribution in [0.3, 0.4) is 0 Å². The van der Waals surface area contributed by atoms with Crippen molar-refractivity contribution < 1.29 is 27.4 Å². The fourth-order valence-electron chi connectivity index (χ4n) is 3.64. The number of alkyl halides is 3. The van der Waals surface area contributed by atoms with E-state index in [4.69, 9.17) is 14.5 Å². The molecule has 3 rings (SSSR count). The number of aryl methyl sites for hydroxylation is 1. The summed E-state index contributed by atoms with van der Waals surface area (Å²) in [7, 11) is 0. The van der Waals surface area contributed by atoms with Crippen LogP contribution in [0.25, 0.3) is 11.3 Å². The first-order valence-electron chi connectivity index (χ1n) is 11.9. The number of carbonyl (C=O) groups excluding carboxylic acids is 1. The number of benzene rings is 2. The lowest BCUT2D eigenvalue weighted by molar-refractivity contribution is -0.145. The topological polar surface area (TPSA) is 48.4 Å². The molecule has 1 aromatic heterocycles. The number of halogens is 3. The van der Waals surface area contributed by atoms with Gasteiger partial charge in [0, 0.05) is 10.5 Å². The van der Waals surface area contributed by atoms with Crippen molar-refractivity contribution in [1.82, 2.24) is 4.98 Å². The first-order valence-corrected chi connectivity index (χ1v) is 12.8. The molecule has 0 saturated carbocycles. The number of thioether (sulfide) groups is 1. The molecule has 0 aliphatic rings. The molecule has 1 heterocycles. The highest BCUT2D eigenvalue weighted by atomic mass is 32.2. The molecule has 0 N–H and O–H groups in total. The zero-order valence-corrected chi connectivity index (χ0v) is 21.4. The van der Waals surface area contributed by atoms with E-state index in [-0.39, 0.29) is 11.9 Å². The van der Waals surface area contributed by atoms with Crippen LogP contribution in [0.2, 0.25) is 0 Å². The number of unbranched alkanes of at least 4 members (excludes halogenated alkanes) is 1. The summed E-state index contributed by atoms with van der Waals surface area (Å²) in [5.41, 5.74) is 2.39. The molecule has 0 fully saturated rings. The van der Waals surface area contributed by atoms with E-state index in [1.165, 1.54) is 12.1 Å². The highest BCUT2D eigenvalue weighted by Crippen LogP contribution is 2.40. The largest absolute Gasteiger partial charge is 0.482 e. The zero-order chi connectivity index (χ0) is 26.1. The normalized spacial score (nSPS) is 12.3. The Morgan fingerprint density at radius 3 is 2.44 bits per heavy atom. The summed E-state index contributed by atoms with van der Waals surface area (Å²) in [4.78, 5) is 17.4. The van der Waals surface area contributed by atoms with Gasteiger partial charge in [0.1, 0.15) is 5.75 Å². The molecule has 0 amide bonds. The average molecular weight is 518 g/mol. The molecule has 1 unspecified atom stereocenters. The summed E-state index contributed by atoms with van der Waals surface area (Å²) in [6.07, 6.45) is -1.41. The maximum absolute atomic E-state index is 12.9. The van der Waals surface area contributed by atoms with Gasteiger partial charge in [0.25, 0.3) is 0 Å². The van der Waals surface area contributed by atoms with Crippen molar-refractivity contribution in [2.75, 3.05) is 13.2 Å². The lowest BCUT2D eigenvalue weighted by Crippen LogP contribution is -2.14. The van der Waals surface area contributed by atoms with Gasteiger partial charge in [-0.15, -0.1) is 11.8 Å². The van der Waals surface area contributed by atoms with Gasteiger partial charge in [-0.3, -0.25) is 4.98 Å². The van der Waals surface area contributed by atoms with Crippen molar-refractivity contribution in [2.24, 2.45) is 0 Å². The van der Waals surface area contributed by atoms with Crippen LogP contribution in [-0.4, -0.2) is 24.2 Å². The second kappa shape index (κ2) is 12.8. The van der Waals surface area contributed by atoms with E-state index in [0.717, 1.165) is 47.5 Å². The molecular weight excluding hydrogens is 487 g/mol. The predicted octanol–water partition coefficient (Wildman–Crippen LogP) is 8.04. The Balaban J connectivity index is 1.78.